The van der Waals surface area contributed by atoms with Crippen LogP contribution in [0.1, 0.15) is 29.3 Å². The van der Waals surface area contributed by atoms with E-state index < -0.39 is 16.0 Å². The van der Waals surface area contributed by atoms with E-state index in [0.29, 0.717) is 16.5 Å². The van der Waals surface area contributed by atoms with Crippen LogP contribution in [0.2, 0.25) is 0 Å². The highest BCUT2D eigenvalue weighted by Gasteiger charge is 2.22. The van der Waals surface area contributed by atoms with Gasteiger partial charge in [0, 0.05) is 17.6 Å². The van der Waals surface area contributed by atoms with Crippen molar-refractivity contribution in [3.8, 4) is 0 Å². The number of carboxylic acids is 1. The Hall–Kier alpha value is -0.960. The van der Waals surface area contributed by atoms with Gasteiger partial charge in [-0.3, -0.25) is 0 Å². The van der Waals surface area contributed by atoms with E-state index in [1.54, 1.807) is 6.92 Å². The van der Waals surface area contributed by atoms with Crippen LogP contribution in [0.15, 0.2) is 21.5 Å². The van der Waals surface area contributed by atoms with E-state index in [2.05, 4.69) is 20.7 Å². The lowest BCUT2D eigenvalue weighted by Gasteiger charge is -2.14. The first-order chi connectivity index (χ1) is 9.69. The highest BCUT2D eigenvalue weighted by atomic mass is 79.9. The predicted octanol–water partition coefficient (Wildman–Crippen LogP) is 1.75. The zero-order valence-electron chi connectivity index (χ0n) is 11.8. The fourth-order valence-electron chi connectivity index (χ4n) is 1.71. The molecule has 0 heterocycles. The zero-order valence-corrected chi connectivity index (χ0v) is 14.2. The second-order valence-electron chi connectivity index (χ2n) is 4.88. The molecule has 0 aliphatic heterocycles. The van der Waals surface area contributed by atoms with Gasteiger partial charge in [-0.2, -0.15) is 0 Å². The Morgan fingerprint density at radius 3 is 2.57 bits per heavy atom. The number of aliphatic hydroxyl groups excluding tert-OH is 1. The Morgan fingerprint density at radius 2 is 2.05 bits per heavy atom. The Kier molecular flexibility index (Phi) is 6.33. The van der Waals surface area contributed by atoms with Crippen molar-refractivity contribution in [2.45, 2.75) is 25.2 Å². The SMILES string of the molecule is Cc1cc(C(=O)O)cc(S(=O)(=O)NCC(C)CCO)c1Br. The summed E-state index contributed by atoms with van der Waals surface area (Å²) in [5, 5.41) is 17.8. The Balaban J connectivity index is 3.10. The van der Waals surface area contributed by atoms with Crippen molar-refractivity contribution < 1.29 is 23.4 Å². The maximum atomic E-state index is 12.3. The predicted molar refractivity (Wildman–Crippen MR) is 81.9 cm³/mol. The molecule has 0 aliphatic carbocycles. The van der Waals surface area contributed by atoms with Gasteiger partial charge >= 0.3 is 5.97 Å². The van der Waals surface area contributed by atoms with Crippen LogP contribution in [0, 0.1) is 12.8 Å². The number of hydrogen-bond donors (Lipinski definition) is 3. The van der Waals surface area contributed by atoms with E-state index in [0.717, 1.165) is 6.07 Å². The summed E-state index contributed by atoms with van der Waals surface area (Å²) in [5.41, 5.74) is 0.443. The van der Waals surface area contributed by atoms with E-state index in [1.807, 2.05) is 6.92 Å². The number of sulfonamides is 1. The summed E-state index contributed by atoms with van der Waals surface area (Å²) in [6, 6.07) is 2.53. The summed E-state index contributed by atoms with van der Waals surface area (Å²) in [7, 11) is -3.82. The molecule has 1 atom stereocenters. The third-order valence-corrected chi connectivity index (χ3v) is 5.76. The highest BCUT2D eigenvalue weighted by Crippen LogP contribution is 2.27. The number of aromatic carboxylic acids is 1. The lowest BCUT2D eigenvalue weighted by molar-refractivity contribution is 0.0696. The third-order valence-electron chi connectivity index (χ3n) is 3.00. The van der Waals surface area contributed by atoms with Crippen LogP contribution in [0.4, 0.5) is 0 Å². The molecule has 0 aromatic heterocycles. The molecule has 0 bridgehead atoms. The molecule has 118 valence electrons. The van der Waals surface area contributed by atoms with Crippen molar-refractivity contribution in [2.24, 2.45) is 5.92 Å². The van der Waals surface area contributed by atoms with Crippen molar-refractivity contribution in [3.63, 3.8) is 0 Å². The third kappa shape index (κ3) is 4.77. The molecule has 0 saturated heterocycles. The summed E-state index contributed by atoms with van der Waals surface area (Å²) in [6.07, 6.45) is 0.484. The van der Waals surface area contributed by atoms with E-state index in [9.17, 15) is 13.2 Å². The van der Waals surface area contributed by atoms with Crippen molar-refractivity contribution in [1.29, 1.82) is 0 Å². The molecule has 1 rings (SSSR count). The van der Waals surface area contributed by atoms with Crippen molar-refractivity contribution in [2.75, 3.05) is 13.2 Å². The Morgan fingerprint density at radius 1 is 1.43 bits per heavy atom. The van der Waals surface area contributed by atoms with Crippen LogP contribution < -0.4 is 4.72 Å². The van der Waals surface area contributed by atoms with Gasteiger partial charge in [0.2, 0.25) is 10.0 Å². The second-order valence-corrected chi connectivity index (χ2v) is 7.41. The maximum absolute atomic E-state index is 12.3. The molecule has 1 unspecified atom stereocenters. The molecule has 0 fully saturated rings. The molecule has 1 aromatic carbocycles. The van der Waals surface area contributed by atoms with Gasteiger partial charge in [-0.05, 0) is 52.9 Å². The molecular weight excluding hydrogens is 362 g/mol. The molecule has 3 N–H and O–H groups in total. The molecule has 21 heavy (non-hydrogen) atoms. The van der Waals surface area contributed by atoms with Gasteiger partial charge < -0.3 is 10.2 Å². The van der Waals surface area contributed by atoms with Gasteiger partial charge in [-0.15, -0.1) is 0 Å². The molecular formula is C13H18BrNO5S. The van der Waals surface area contributed by atoms with Crippen molar-refractivity contribution in [3.05, 3.63) is 27.7 Å². The Labute approximate surface area is 132 Å². The Bertz CT molecular complexity index is 630. The number of carboxylic acid groups (broad SMARTS) is 1. The van der Waals surface area contributed by atoms with Gasteiger partial charge in [0.15, 0.2) is 0 Å². The highest BCUT2D eigenvalue weighted by molar-refractivity contribution is 9.10. The van der Waals surface area contributed by atoms with E-state index in [1.165, 1.54) is 6.07 Å². The van der Waals surface area contributed by atoms with Crippen LogP contribution in [-0.4, -0.2) is 37.8 Å². The van der Waals surface area contributed by atoms with Gasteiger partial charge in [0.1, 0.15) is 0 Å². The monoisotopic (exact) mass is 379 g/mol. The summed E-state index contributed by atoms with van der Waals surface area (Å²) in [5.74, 6) is -1.21. The average molecular weight is 380 g/mol. The van der Waals surface area contributed by atoms with Gasteiger partial charge in [-0.25, -0.2) is 17.9 Å². The lowest BCUT2D eigenvalue weighted by Crippen LogP contribution is -2.29. The summed E-state index contributed by atoms with van der Waals surface area (Å²) < 4.78 is 27.4. The molecule has 0 radical (unpaired) electrons. The van der Waals surface area contributed by atoms with E-state index in [-0.39, 0.29) is 29.5 Å². The van der Waals surface area contributed by atoms with Crippen LogP contribution >= 0.6 is 15.9 Å². The fraction of sp³-hybridized carbons (Fsp3) is 0.462. The number of halogens is 1. The first-order valence-corrected chi connectivity index (χ1v) is 8.60. The van der Waals surface area contributed by atoms with Crippen LogP contribution in [-0.2, 0) is 10.0 Å². The minimum Gasteiger partial charge on any atom is -0.478 e. The van der Waals surface area contributed by atoms with Crippen molar-refractivity contribution >= 4 is 31.9 Å². The number of nitrogens with one attached hydrogen (secondary N) is 1. The minimum atomic E-state index is -3.82. The maximum Gasteiger partial charge on any atom is 0.335 e. The normalized spacial score (nSPS) is 13.1. The number of benzene rings is 1. The van der Waals surface area contributed by atoms with Gasteiger partial charge in [0.05, 0.1) is 10.5 Å². The zero-order chi connectivity index (χ0) is 16.2. The van der Waals surface area contributed by atoms with Gasteiger partial charge in [0.25, 0.3) is 0 Å². The topological polar surface area (TPSA) is 104 Å². The van der Waals surface area contributed by atoms with Crippen LogP contribution in [0.5, 0.6) is 0 Å². The number of hydrogen-bond acceptors (Lipinski definition) is 4. The molecule has 8 heteroatoms. The standard InChI is InChI=1S/C13H18BrNO5S/c1-8(3-4-16)7-15-21(19,20)11-6-10(13(17)18)5-9(2)12(11)14/h5-6,8,15-16H,3-4,7H2,1-2H3,(H,17,18). The van der Waals surface area contributed by atoms with Crippen LogP contribution in [0.3, 0.4) is 0 Å². The number of carbonyl (C=O) groups is 1. The molecule has 1 aromatic rings. The number of aryl methyl sites for hydroxylation is 1. The number of aliphatic hydroxyl groups is 1. The van der Waals surface area contributed by atoms with Gasteiger partial charge in [-0.1, -0.05) is 6.92 Å². The summed E-state index contributed by atoms with van der Waals surface area (Å²) >= 11 is 3.18. The quantitative estimate of drug-likeness (QED) is 0.669. The smallest absolute Gasteiger partial charge is 0.335 e. The van der Waals surface area contributed by atoms with E-state index in [4.69, 9.17) is 10.2 Å². The largest absolute Gasteiger partial charge is 0.478 e. The first-order valence-electron chi connectivity index (χ1n) is 6.33. The molecule has 6 nitrogen and oxygen atoms in total. The second kappa shape index (κ2) is 7.35. The van der Waals surface area contributed by atoms with Crippen molar-refractivity contribution in [1.82, 2.24) is 4.72 Å². The molecule has 0 amide bonds. The lowest BCUT2D eigenvalue weighted by atomic mass is 10.1. The summed E-state index contributed by atoms with van der Waals surface area (Å²) in [4.78, 5) is 10.9. The molecule has 0 aliphatic rings. The molecule has 0 saturated carbocycles. The average Bonchev–Trinajstić information content (AvgIpc) is 2.39. The summed E-state index contributed by atoms with van der Waals surface area (Å²) in [6.45, 7) is 3.60. The minimum absolute atomic E-state index is 0.0137. The number of rotatable bonds is 7. The molecule has 0 spiro atoms. The van der Waals surface area contributed by atoms with Crippen LogP contribution in [0.25, 0.3) is 0 Å². The first kappa shape index (κ1) is 18.1. The fourth-order valence-corrected chi connectivity index (χ4v) is 3.92. The van der Waals surface area contributed by atoms with E-state index >= 15 is 0 Å².